The summed E-state index contributed by atoms with van der Waals surface area (Å²) in [6.45, 7) is 1.78. The summed E-state index contributed by atoms with van der Waals surface area (Å²) >= 11 is 1.21. The Kier molecular flexibility index (Phi) is 2.77. The molecule has 1 N–H and O–H groups in total. The normalized spacial score (nSPS) is 13.4. The monoisotopic (exact) mass is 158 g/mol. The summed E-state index contributed by atoms with van der Waals surface area (Å²) in [6.07, 6.45) is 3.11. The van der Waals surface area contributed by atoms with Crippen molar-refractivity contribution in [3.63, 3.8) is 0 Å². The van der Waals surface area contributed by atoms with E-state index in [-0.39, 0.29) is 6.10 Å². The molecule has 3 nitrogen and oxygen atoms in total. The number of nitrogens with zero attached hydrogens (tertiary/aromatic N) is 2. The molecule has 1 rings (SSSR count). The standard InChI is InChI=1S/C6H10N2OS/c1-5(9)2-3-6-4-7-10-8-6/h4-5,9H,2-3H2,1H3. The highest BCUT2D eigenvalue weighted by atomic mass is 32.1. The Balaban J connectivity index is 2.28. The third kappa shape index (κ3) is 2.41. The van der Waals surface area contributed by atoms with E-state index < -0.39 is 0 Å². The molecule has 0 aliphatic carbocycles. The average molecular weight is 158 g/mol. The van der Waals surface area contributed by atoms with Gasteiger partial charge in [0.25, 0.3) is 0 Å². The van der Waals surface area contributed by atoms with Crippen LogP contribution in [0, 0.1) is 0 Å². The minimum Gasteiger partial charge on any atom is -0.393 e. The SMILES string of the molecule is CC(O)CCc1cnsn1. The molecule has 0 fully saturated rings. The molecule has 1 aromatic heterocycles. The Morgan fingerprint density at radius 2 is 2.60 bits per heavy atom. The van der Waals surface area contributed by atoms with Crippen LogP contribution in [-0.4, -0.2) is 20.0 Å². The van der Waals surface area contributed by atoms with Gasteiger partial charge in [-0.15, -0.1) is 0 Å². The summed E-state index contributed by atoms with van der Waals surface area (Å²) in [5.41, 5.74) is 0.978. The van der Waals surface area contributed by atoms with Gasteiger partial charge in [-0.3, -0.25) is 0 Å². The lowest BCUT2D eigenvalue weighted by atomic mass is 10.2. The lowest BCUT2D eigenvalue weighted by Crippen LogP contribution is -2.01. The molecular formula is C6H10N2OS. The second-order valence-corrected chi connectivity index (χ2v) is 2.84. The Morgan fingerprint density at radius 3 is 3.10 bits per heavy atom. The van der Waals surface area contributed by atoms with Crippen LogP contribution in [0.15, 0.2) is 6.20 Å². The van der Waals surface area contributed by atoms with Crippen LogP contribution in [0.3, 0.4) is 0 Å². The van der Waals surface area contributed by atoms with Crippen LogP contribution in [-0.2, 0) is 6.42 Å². The molecule has 0 radical (unpaired) electrons. The van der Waals surface area contributed by atoms with E-state index in [4.69, 9.17) is 5.11 Å². The van der Waals surface area contributed by atoms with E-state index in [1.807, 2.05) is 0 Å². The number of hydrogen-bond donors (Lipinski definition) is 1. The van der Waals surface area contributed by atoms with Crippen LogP contribution in [0.5, 0.6) is 0 Å². The smallest absolute Gasteiger partial charge is 0.0744 e. The highest BCUT2D eigenvalue weighted by Crippen LogP contribution is 2.01. The van der Waals surface area contributed by atoms with Crippen molar-refractivity contribution in [1.82, 2.24) is 8.75 Å². The number of rotatable bonds is 3. The van der Waals surface area contributed by atoms with Crippen molar-refractivity contribution in [1.29, 1.82) is 0 Å². The molecule has 0 aliphatic rings. The van der Waals surface area contributed by atoms with Gasteiger partial charge in [0, 0.05) is 0 Å². The zero-order valence-electron chi connectivity index (χ0n) is 5.82. The van der Waals surface area contributed by atoms with E-state index >= 15 is 0 Å². The summed E-state index contributed by atoms with van der Waals surface area (Å²) < 4.78 is 7.86. The highest BCUT2D eigenvalue weighted by Gasteiger charge is 1.98. The predicted octanol–water partition coefficient (Wildman–Crippen LogP) is 0.851. The first-order valence-corrected chi connectivity index (χ1v) is 3.96. The van der Waals surface area contributed by atoms with Gasteiger partial charge >= 0.3 is 0 Å². The maximum Gasteiger partial charge on any atom is 0.0744 e. The van der Waals surface area contributed by atoms with Crippen molar-refractivity contribution in [3.05, 3.63) is 11.9 Å². The van der Waals surface area contributed by atoms with Crippen molar-refractivity contribution < 1.29 is 5.11 Å². The van der Waals surface area contributed by atoms with Gasteiger partial charge in [-0.25, -0.2) is 0 Å². The summed E-state index contributed by atoms with van der Waals surface area (Å²) in [6, 6.07) is 0. The summed E-state index contributed by atoms with van der Waals surface area (Å²) in [7, 11) is 0. The summed E-state index contributed by atoms with van der Waals surface area (Å²) in [5, 5.41) is 8.91. The number of hydrogen-bond acceptors (Lipinski definition) is 4. The third-order valence-corrected chi connectivity index (χ3v) is 1.74. The minimum absolute atomic E-state index is 0.235. The molecule has 0 aromatic carbocycles. The maximum atomic E-state index is 8.91. The molecule has 56 valence electrons. The zero-order valence-corrected chi connectivity index (χ0v) is 6.64. The lowest BCUT2D eigenvalue weighted by molar-refractivity contribution is 0.184. The first-order chi connectivity index (χ1) is 4.79. The first-order valence-electron chi connectivity index (χ1n) is 3.23. The van der Waals surface area contributed by atoms with Crippen LogP contribution in [0.2, 0.25) is 0 Å². The highest BCUT2D eigenvalue weighted by molar-refractivity contribution is 6.99. The van der Waals surface area contributed by atoms with Gasteiger partial charge in [0.05, 0.1) is 29.7 Å². The molecule has 0 bridgehead atoms. The molecule has 10 heavy (non-hydrogen) atoms. The van der Waals surface area contributed by atoms with E-state index in [0.29, 0.717) is 0 Å². The van der Waals surface area contributed by atoms with Gasteiger partial charge in [0.15, 0.2) is 0 Å². The van der Waals surface area contributed by atoms with Crippen LogP contribution in [0.25, 0.3) is 0 Å². The van der Waals surface area contributed by atoms with Crippen LogP contribution >= 0.6 is 11.7 Å². The molecule has 0 saturated carbocycles. The van der Waals surface area contributed by atoms with Crippen LogP contribution < -0.4 is 0 Å². The minimum atomic E-state index is -0.235. The predicted molar refractivity (Wildman–Crippen MR) is 39.9 cm³/mol. The van der Waals surface area contributed by atoms with E-state index in [1.54, 1.807) is 13.1 Å². The number of aliphatic hydroxyl groups excluding tert-OH is 1. The van der Waals surface area contributed by atoms with Crippen molar-refractivity contribution >= 4 is 11.7 Å². The molecule has 0 aliphatic heterocycles. The number of aliphatic hydroxyl groups is 1. The largest absolute Gasteiger partial charge is 0.393 e. The molecule has 0 spiro atoms. The van der Waals surface area contributed by atoms with E-state index in [2.05, 4.69) is 8.75 Å². The van der Waals surface area contributed by atoms with Gasteiger partial charge in [-0.2, -0.15) is 8.75 Å². The second kappa shape index (κ2) is 3.63. The number of aromatic nitrogens is 2. The molecule has 0 amide bonds. The Labute approximate surface area is 64.0 Å². The van der Waals surface area contributed by atoms with Crippen LogP contribution in [0.4, 0.5) is 0 Å². The van der Waals surface area contributed by atoms with Crippen molar-refractivity contribution in [2.24, 2.45) is 0 Å². The first kappa shape index (κ1) is 7.63. The molecule has 1 heterocycles. The van der Waals surface area contributed by atoms with Crippen molar-refractivity contribution in [3.8, 4) is 0 Å². The second-order valence-electron chi connectivity index (χ2n) is 2.29. The van der Waals surface area contributed by atoms with Crippen molar-refractivity contribution in [2.45, 2.75) is 25.9 Å². The Morgan fingerprint density at radius 1 is 1.80 bits per heavy atom. The van der Waals surface area contributed by atoms with Crippen molar-refractivity contribution in [2.75, 3.05) is 0 Å². The van der Waals surface area contributed by atoms with E-state index in [0.717, 1.165) is 18.5 Å². The molecule has 1 atom stereocenters. The maximum absolute atomic E-state index is 8.91. The average Bonchev–Trinajstić information content (AvgIpc) is 2.34. The fourth-order valence-electron chi connectivity index (χ4n) is 0.651. The number of aryl methyl sites for hydroxylation is 1. The van der Waals surface area contributed by atoms with Crippen LogP contribution in [0.1, 0.15) is 19.0 Å². The Hall–Kier alpha value is -0.480. The molecule has 1 aromatic rings. The summed E-state index contributed by atoms with van der Waals surface area (Å²) in [4.78, 5) is 0. The van der Waals surface area contributed by atoms with E-state index in [1.165, 1.54) is 11.7 Å². The lowest BCUT2D eigenvalue weighted by Gasteiger charge is -1.98. The van der Waals surface area contributed by atoms with E-state index in [9.17, 15) is 0 Å². The van der Waals surface area contributed by atoms with Gasteiger partial charge in [0.2, 0.25) is 0 Å². The fraction of sp³-hybridized carbons (Fsp3) is 0.667. The zero-order chi connectivity index (χ0) is 7.40. The molecular weight excluding hydrogens is 148 g/mol. The molecule has 0 saturated heterocycles. The Bertz CT molecular complexity index is 174. The molecule has 4 heteroatoms. The van der Waals surface area contributed by atoms with Gasteiger partial charge in [0.1, 0.15) is 0 Å². The third-order valence-electron chi connectivity index (χ3n) is 1.23. The quantitative estimate of drug-likeness (QED) is 0.709. The van der Waals surface area contributed by atoms with Gasteiger partial charge in [-0.05, 0) is 19.8 Å². The topological polar surface area (TPSA) is 46.0 Å². The van der Waals surface area contributed by atoms with Gasteiger partial charge < -0.3 is 5.11 Å². The fourth-order valence-corrected chi connectivity index (χ4v) is 1.11. The summed E-state index contributed by atoms with van der Waals surface area (Å²) in [5.74, 6) is 0. The molecule has 1 unspecified atom stereocenters. The van der Waals surface area contributed by atoms with Gasteiger partial charge in [-0.1, -0.05) is 0 Å².